The summed E-state index contributed by atoms with van der Waals surface area (Å²) in [6, 6.07) is 16.0. The molecule has 0 radical (unpaired) electrons. The van der Waals surface area contributed by atoms with Gasteiger partial charge in [-0.1, -0.05) is 24.3 Å². The van der Waals surface area contributed by atoms with Crippen LogP contribution >= 0.6 is 0 Å². The third-order valence-corrected chi connectivity index (χ3v) is 4.06. The molecule has 0 spiro atoms. The molecule has 144 valence electrons. The summed E-state index contributed by atoms with van der Waals surface area (Å²) in [7, 11) is 1.69. The lowest BCUT2D eigenvalue weighted by atomic mass is 10.1. The number of anilines is 2. The van der Waals surface area contributed by atoms with Crippen LogP contribution in [0.15, 0.2) is 66.4 Å². The Balaban J connectivity index is 1.76. The number of hydrogen-bond acceptors (Lipinski definition) is 6. The number of hydrogen-bond donors (Lipinski definition) is 1. The maximum absolute atomic E-state index is 12.7. The van der Waals surface area contributed by atoms with Gasteiger partial charge in [0.25, 0.3) is 11.7 Å². The standard InChI is InChI=1S/C21H20N2O5/c1-21(2)27-19(25)17(20(26)28-21)13-22-15-9-7-8-14(12-15)18(24)23(3)16-10-5-4-6-11-16/h4-13,22H,1-3H3. The first-order valence-corrected chi connectivity index (χ1v) is 8.63. The Hall–Kier alpha value is -3.61. The average molecular weight is 380 g/mol. The van der Waals surface area contributed by atoms with Crippen LogP contribution in [-0.4, -0.2) is 30.7 Å². The fraction of sp³-hybridized carbons (Fsp3) is 0.190. The van der Waals surface area contributed by atoms with E-state index in [9.17, 15) is 14.4 Å². The van der Waals surface area contributed by atoms with Crippen molar-refractivity contribution in [3.8, 4) is 0 Å². The molecule has 1 saturated heterocycles. The highest BCUT2D eigenvalue weighted by molar-refractivity contribution is 6.15. The zero-order valence-electron chi connectivity index (χ0n) is 15.8. The molecule has 2 aromatic carbocycles. The van der Waals surface area contributed by atoms with Gasteiger partial charge in [-0.25, -0.2) is 9.59 Å². The number of cyclic esters (lactones) is 2. The third kappa shape index (κ3) is 4.20. The van der Waals surface area contributed by atoms with Crippen molar-refractivity contribution in [3.05, 3.63) is 71.9 Å². The molecule has 0 bridgehead atoms. The molecule has 7 heteroatoms. The van der Waals surface area contributed by atoms with Crippen LogP contribution in [0.5, 0.6) is 0 Å². The highest BCUT2D eigenvalue weighted by Gasteiger charge is 2.38. The lowest BCUT2D eigenvalue weighted by Crippen LogP contribution is -2.42. The maximum atomic E-state index is 12.7. The second-order valence-electron chi connectivity index (χ2n) is 6.66. The van der Waals surface area contributed by atoms with Crippen LogP contribution < -0.4 is 10.2 Å². The molecule has 7 nitrogen and oxygen atoms in total. The van der Waals surface area contributed by atoms with Gasteiger partial charge >= 0.3 is 11.9 Å². The Bertz CT molecular complexity index is 928. The largest absolute Gasteiger partial charge is 0.419 e. The van der Waals surface area contributed by atoms with Gasteiger partial charge in [0.15, 0.2) is 5.57 Å². The average Bonchev–Trinajstić information content (AvgIpc) is 2.66. The summed E-state index contributed by atoms with van der Waals surface area (Å²) in [4.78, 5) is 38.2. The second-order valence-corrected chi connectivity index (χ2v) is 6.66. The quantitative estimate of drug-likeness (QED) is 0.498. The molecule has 1 aliphatic rings. The van der Waals surface area contributed by atoms with Crippen molar-refractivity contribution in [2.75, 3.05) is 17.3 Å². The maximum Gasteiger partial charge on any atom is 0.350 e. The summed E-state index contributed by atoms with van der Waals surface area (Å²) >= 11 is 0. The third-order valence-electron chi connectivity index (χ3n) is 4.06. The van der Waals surface area contributed by atoms with E-state index in [2.05, 4.69) is 5.32 Å². The van der Waals surface area contributed by atoms with Crippen molar-refractivity contribution in [2.45, 2.75) is 19.6 Å². The van der Waals surface area contributed by atoms with E-state index in [0.29, 0.717) is 11.3 Å². The van der Waals surface area contributed by atoms with Crippen molar-refractivity contribution >= 4 is 29.2 Å². The first-order chi connectivity index (χ1) is 13.3. The normalized spacial score (nSPS) is 15.3. The minimum atomic E-state index is -1.29. The van der Waals surface area contributed by atoms with Crippen LogP contribution in [0.2, 0.25) is 0 Å². The predicted octanol–water partition coefficient (Wildman–Crippen LogP) is 3.10. The molecule has 0 saturated carbocycles. The van der Waals surface area contributed by atoms with Gasteiger partial charge in [-0.3, -0.25) is 4.79 Å². The molecule has 1 heterocycles. The Morgan fingerprint density at radius 1 is 1.00 bits per heavy atom. The van der Waals surface area contributed by atoms with Gasteiger partial charge in [0, 0.05) is 44.0 Å². The number of amides is 1. The minimum Gasteiger partial charge on any atom is -0.419 e. The van der Waals surface area contributed by atoms with E-state index in [4.69, 9.17) is 9.47 Å². The molecule has 0 atom stereocenters. The molecule has 3 rings (SSSR count). The summed E-state index contributed by atoms with van der Waals surface area (Å²) in [6.07, 6.45) is 1.21. The summed E-state index contributed by atoms with van der Waals surface area (Å²) in [5.41, 5.74) is 1.50. The fourth-order valence-corrected chi connectivity index (χ4v) is 2.64. The van der Waals surface area contributed by atoms with E-state index in [0.717, 1.165) is 5.69 Å². The summed E-state index contributed by atoms with van der Waals surface area (Å²) < 4.78 is 10.1. The molecule has 28 heavy (non-hydrogen) atoms. The van der Waals surface area contributed by atoms with E-state index < -0.39 is 17.7 Å². The molecule has 2 aromatic rings. The van der Waals surface area contributed by atoms with Gasteiger partial charge < -0.3 is 19.7 Å². The molecule has 1 N–H and O–H groups in total. The summed E-state index contributed by atoms with van der Waals surface area (Å²) in [5.74, 6) is -3.03. The second kappa shape index (κ2) is 7.56. The number of ether oxygens (including phenoxy) is 2. The van der Waals surface area contributed by atoms with Gasteiger partial charge in [0.05, 0.1) is 0 Å². The van der Waals surface area contributed by atoms with Crippen LogP contribution in [0.25, 0.3) is 0 Å². The lowest BCUT2D eigenvalue weighted by Gasteiger charge is -2.29. The van der Waals surface area contributed by atoms with Crippen molar-refractivity contribution in [1.29, 1.82) is 0 Å². The Morgan fingerprint density at radius 3 is 2.29 bits per heavy atom. The lowest BCUT2D eigenvalue weighted by molar-refractivity contribution is -0.222. The number of para-hydroxylation sites is 1. The molecular formula is C21H20N2O5. The first-order valence-electron chi connectivity index (χ1n) is 8.63. The SMILES string of the molecule is CN(C(=O)c1cccc(NC=C2C(=O)OC(C)(C)OC2=O)c1)c1ccccc1. The molecule has 1 fully saturated rings. The van der Waals surface area contributed by atoms with Crippen molar-refractivity contribution < 1.29 is 23.9 Å². The first kappa shape index (κ1) is 19.2. The monoisotopic (exact) mass is 380 g/mol. The van der Waals surface area contributed by atoms with Crippen LogP contribution in [0.4, 0.5) is 11.4 Å². The number of benzene rings is 2. The smallest absolute Gasteiger partial charge is 0.350 e. The van der Waals surface area contributed by atoms with Crippen molar-refractivity contribution in [1.82, 2.24) is 0 Å². The van der Waals surface area contributed by atoms with Gasteiger partial charge in [-0.15, -0.1) is 0 Å². The van der Waals surface area contributed by atoms with E-state index in [-0.39, 0.29) is 11.5 Å². The number of carbonyl (C=O) groups excluding carboxylic acids is 3. The number of rotatable bonds is 4. The van der Waals surface area contributed by atoms with Crippen molar-refractivity contribution in [3.63, 3.8) is 0 Å². The zero-order chi connectivity index (χ0) is 20.3. The zero-order valence-corrected chi connectivity index (χ0v) is 15.8. The van der Waals surface area contributed by atoms with E-state index in [1.54, 1.807) is 31.3 Å². The topological polar surface area (TPSA) is 84.9 Å². The molecular weight excluding hydrogens is 360 g/mol. The van der Waals surface area contributed by atoms with Crippen LogP contribution in [0.3, 0.4) is 0 Å². The van der Waals surface area contributed by atoms with Crippen LogP contribution in [0.1, 0.15) is 24.2 Å². The molecule has 1 amide bonds. The van der Waals surface area contributed by atoms with Gasteiger partial charge in [0.2, 0.25) is 0 Å². The van der Waals surface area contributed by atoms with Crippen LogP contribution in [-0.2, 0) is 19.1 Å². The van der Waals surface area contributed by atoms with E-state index in [1.807, 2.05) is 30.3 Å². The van der Waals surface area contributed by atoms with E-state index in [1.165, 1.54) is 24.9 Å². The summed E-state index contributed by atoms with van der Waals surface area (Å²) in [6.45, 7) is 2.96. The number of carbonyl (C=O) groups is 3. The number of nitrogens with one attached hydrogen (secondary N) is 1. The minimum absolute atomic E-state index is 0.194. The number of nitrogens with zero attached hydrogens (tertiary/aromatic N) is 1. The molecule has 0 unspecified atom stereocenters. The van der Waals surface area contributed by atoms with Gasteiger partial charge in [-0.05, 0) is 30.3 Å². The Labute approximate surface area is 162 Å². The van der Waals surface area contributed by atoms with Gasteiger partial charge in [0.1, 0.15) is 0 Å². The van der Waals surface area contributed by atoms with Crippen molar-refractivity contribution in [2.24, 2.45) is 0 Å². The molecule has 0 aliphatic carbocycles. The van der Waals surface area contributed by atoms with E-state index >= 15 is 0 Å². The molecule has 0 aromatic heterocycles. The highest BCUT2D eigenvalue weighted by Crippen LogP contribution is 2.23. The summed E-state index contributed by atoms with van der Waals surface area (Å²) in [5, 5.41) is 2.84. The van der Waals surface area contributed by atoms with Crippen LogP contribution in [0, 0.1) is 0 Å². The Kier molecular flexibility index (Phi) is 5.17. The Morgan fingerprint density at radius 2 is 1.64 bits per heavy atom. The fourth-order valence-electron chi connectivity index (χ4n) is 2.64. The van der Waals surface area contributed by atoms with Gasteiger partial charge in [-0.2, -0.15) is 0 Å². The highest BCUT2D eigenvalue weighted by atomic mass is 16.7. The number of esters is 2. The molecule has 1 aliphatic heterocycles. The predicted molar refractivity (Wildman–Crippen MR) is 104 cm³/mol.